The van der Waals surface area contributed by atoms with E-state index in [1.54, 1.807) is 0 Å². The van der Waals surface area contributed by atoms with Crippen molar-refractivity contribution >= 4 is 22.4 Å². The molecule has 0 aliphatic heterocycles. The Labute approximate surface area is 197 Å². The maximum absolute atomic E-state index is 4.36. The predicted molar refractivity (Wildman–Crippen MR) is 140 cm³/mol. The van der Waals surface area contributed by atoms with Gasteiger partial charge in [-0.2, -0.15) is 0 Å². The van der Waals surface area contributed by atoms with E-state index < -0.39 is 18.3 Å². The number of hydrogen-bond donors (Lipinski definition) is 0. The third kappa shape index (κ3) is 2.70. The van der Waals surface area contributed by atoms with E-state index in [4.69, 9.17) is 0 Å². The number of benzene rings is 4. The van der Waals surface area contributed by atoms with Gasteiger partial charge in [-0.15, -0.1) is 0 Å². The van der Waals surface area contributed by atoms with Gasteiger partial charge in [0.2, 0.25) is 0 Å². The van der Waals surface area contributed by atoms with E-state index >= 15 is 0 Å². The standard InChI is InChI=1S/2C9H7.2C6H5.C2H4.Zr/c2*1-2-5-9-7-3-6-8(9)4-1;2*1-2-4-6-5-3-1;1-2;/h2*1-7H;2*1-5H;1H,2H3;. The number of rotatable bonds is 4. The fraction of sp³-hybridized carbons (Fsp3) is 0.0938. The van der Waals surface area contributed by atoms with E-state index in [1.165, 1.54) is 28.8 Å². The Morgan fingerprint density at radius 1 is 0.515 bits per heavy atom. The molecule has 0 spiro atoms. The number of hydrogen-bond acceptors (Lipinski definition) is 0. The summed E-state index contributed by atoms with van der Waals surface area (Å²) in [7, 11) is 0. The molecule has 0 aromatic heterocycles. The molecule has 0 saturated carbocycles. The van der Waals surface area contributed by atoms with E-state index in [2.05, 4.69) is 144 Å². The van der Waals surface area contributed by atoms with Crippen molar-refractivity contribution in [3.8, 4) is 0 Å². The second-order valence-electron chi connectivity index (χ2n) is 9.44. The minimum atomic E-state index is -4.36. The summed E-state index contributed by atoms with van der Waals surface area (Å²) in [5.41, 5.74) is 5.69. The normalized spacial score (nSPS) is 18.7. The van der Waals surface area contributed by atoms with Gasteiger partial charge in [0.25, 0.3) is 0 Å². The molecule has 2 unspecified atom stereocenters. The Kier molecular flexibility index (Phi) is 4.93. The van der Waals surface area contributed by atoms with Crippen LogP contribution in [0.5, 0.6) is 0 Å². The summed E-state index contributed by atoms with van der Waals surface area (Å²) in [6.45, 7) is 2.36. The van der Waals surface area contributed by atoms with Gasteiger partial charge in [0.1, 0.15) is 0 Å². The van der Waals surface area contributed by atoms with Crippen LogP contribution in [0.1, 0.15) is 36.4 Å². The molecule has 33 heavy (non-hydrogen) atoms. The molecule has 0 radical (unpaired) electrons. The van der Waals surface area contributed by atoms with Gasteiger partial charge in [0.05, 0.1) is 0 Å². The van der Waals surface area contributed by atoms with E-state index in [0.29, 0.717) is 7.25 Å². The van der Waals surface area contributed by atoms with Gasteiger partial charge in [0, 0.05) is 0 Å². The zero-order valence-corrected chi connectivity index (χ0v) is 21.4. The monoisotopic (exact) mass is 502 g/mol. The van der Waals surface area contributed by atoms with Crippen molar-refractivity contribution in [1.29, 1.82) is 0 Å². The summed E-state index contributed by atoms with van der Waals surface area (Å²) in [5.74, 6) is 0. The van der Waals surface area contributed by atoms with Crippen LogP contribution in [0, 0.1) is 0 Å². The van der Waals surface area contributed by atoms with Gasteiger partial charge in [-0.1, -0.05) is 0 Å². The zero-order valence-electron chi connectivity index (χ0n) is 18.9. The molecule has 0 amide bonds. The molecule has 2 aliphatic rings. The van der Waals surface area contributed by atoms with Crippen LogP contribution < -0.4 is 6.54 Å². The Balaban J connectivity index is 1.83. The molecule has 2 aliphatic carbocycles. The van der Waals surface area contributed by atoms with Crippen LogP contribution in [0.15, 0.2) is 121 Å². The molecule has 4 aromatic rings. The second kappa shape index (κ2) is 7.86. The van der Waals surface area contributed by atoms with Crippen LogP contribution >= 0.6 is 0 Å². The fourth-order valence-corrected chi connectivity index (χ4v) is 27.4. The third-order valence-corrected chi connectivity index (χ3v) is 28.5. The van der Waals surface area contributed by atoms with Crippen LogP contribution in [-0.2, 0) is 18.3 Å². The van der Waals surface area contributed by atoms with E-state index in [-0.39, 0.29) is 0 Å². The van der Waals surface area contributed by atoms with Gasteiger partial charge in [-0.05, 0) is 0 Å². The van der Waals surface area contributed by atoms with Gasteiger partial charge >= 0.3 is 198 Å². The molecule has 0 bridgehead atoms. The van der Waals surface area contributed by atoms with Crippen LogP contribution in [0.25, 0.3) is 12.2 Å². The molecule has 0 heterocycles. The van der Waals surface area contributed by atoms with Crippen molar-refractivity contribution < 1.29 is 18.3 Å². The molecule has 4 aromatic carbocycles. The molecule has 1 heteroatoms. The first kappa shape index (κ1) is 20.7. The zero-order chi connectivity index (χ0) is 22.3. The van der Waals surface area contributed by atoms with E-state index in [1.807, 2.05) is 0 Å². The Bertz CT molecular complexity index is 1340. The second-order valence-corrected chi connectivity index (χ2v) is 24.1. The Morgan fingerprint density at radius 3 is 1.33 bits per heavy atom. The van der Waals surface area contributed by atoms with Crippen molar-refractivity contribution in [3.63, 3.8) is 0 Å². The fourth-order valence-electron chi connectivity index (χ4n) is 6.97. The molecule has 2 atom stereocenters. The summed E-state index contributed by atoms with van der Waals surface area (Å²) in [4.78, 5) is 0. The van der Waals surface area contributed by atoms with Crippen molar-refractivity contribution in [3.05, 3.63) is 144 Å². The molecule has 0 N–H and O–H groups in total. The Hall–Kier alpha value is -2.89. The van der Waals surface area contributed by atoms with Crippen LogP contribution in [-0.4, -0.2) is 3.71 Å². The maximum atomic E-state index is 2.71. The SMILES string of the molecule is C[CH]=[Zr]([c]1ccccc1)([c]1ccccc1)([CH]1C=Cc2ccccc21)[CH]1C=Cc2ccccc21. The molecule has 6 rings (SSSR count). The predicted octanol–water partition coefficient (Wildman–Crippen LogP) is 6.69. The van der Waals surface area contributed by atoms with Crippen molar-refractivity contribution in [2.24, 2.45) is 0 Å². The van der Waals surface area contributed by atoms with E-state index in [0.717, 1.165) is 0 Å². The quantitative estimate of drug-likeness (QED) is 0.291. The Morgan fingerprint density at radius 2 is 0.909 bits per heavy atom. The average Bonchev–Trinajstić information content (AvgIpc) is 3.53. The molecule has 0 saturated heterocycles. The summed E-state index contributed by atoms with van der Waals surface area (Å²) in [6.07, 6.45) is 9.80. The van der Waals surface area contributed by atoms with Crippen LogP contribution in [0.2, 0.25) is 0 Å². The number of allylic oxidation sites excluding steroid dienone is 2. The molecule has 0 fully saturated rings. The molecule has 160 valence electrons. The van der Waals surface area contributed by atoms with Gasteiger partial charge < -0.3 is 0 Å². The topological polar surface area (TPSA) is 0 Å². The summed E-state index contributed by atoms with van der Waals surface area (Å²) in [5, 5.41) is 0. The van der Waals surface area contributed by atoms with Gasteiger partial charge in [-0.25, -0.2) is 0 Å². The summed E-state index contributed by atoms with van der Waals surface area (Å²) >= 11 is -4.36. The molecule has 0 nitrogen and oxygen atoms in total. The van der Waals surface area contributed by atoms with Crippen LogP contribution in [0.3, 0.4) is 0 Å². The average molecular weight is 504 g/mol. The van der Waals surface area contributed by atoms with Crippen molar-refractivity contribution in [2.75, 3.05) is 0 Å². The first-order valence-electron chi connectivity index (χ1n) is 11.9. The summed E-state index contributed by atoms with van der Waals surface area (Å²) in [6, 6.07) is 41.0. The molecular weight excluding hydrogens is 476 g/mol. The first-order valence-corrected chi connectivity index (χ1v) is 18.6. The molecular formula is C32H28Zr. The summed E-state index contributed by atoms with van der Waals surface area (Å²) < 4.78 is 6.49. The van der Waals surface area contributed by atoms with Crippen molar-refractivity contribution in [1.82, 2.24) is 0 Å². The van der Waals surface area contributed by atoms with E-state index in [9.17, 15) is 0 Å². The third-order valence-electron chi connectivity index (χ3n) is 8.40. The van der Waals surface area contributed by atoms with Gasteiger partial charge in [-0.3, -0.25) is 0 Å². The number of fused-ring (bicyclic) bond motifs is 2. The van der Waals surface area contributed by atoms with Crippen molar-refractivity contribution in [2.45, 2.75) is 14.2 Å². The van der Waals surface area contributed by atoms with Gasteiger partial charge in [0.15, 0.2) is 0 Å². The van der Waals surface area contributed by atoms with Crippen LogP contribution in [0.4, 0.5) is 0 Å². The minimum absolute atomic E-state index is 0.359. The first-order chi connectivity index (χ1) is 16.3.